The number of aromatic amines is 1. The molecule has 1 atom stereocenters. The molecule has 132 valence electrons. The lowest BCUT2D eigenvalue weighted by atomic mass is 10.1. The van der Waals surface area contributed by atoms with Crippen molar-refractivity contribution in [2.75, 3.05) is 16.8 Å². The van der Waals surface area contributed by atoms with E-state index in [0.29, 0.717) is 23.1 Å². The van der Waals surface area contributed by atoms with Crippen LogP contribution in [-0.4, -0.2) is 28.6 Å². The molecule has 1 aliphatic rings. The number of benzene rings is 2. The van der Waals surface area contributed by atoms with Crippen molar-refractivity contribution in [3.63, 3.8) is 0 Å². The maximum absolute atomic E-state index is 12.6. The molecule has 2 N–H and O–H groups in total. The van der Waals surface area contributed by atoms with Crippen molar-refractivity contribution >= 4 is 45.8 Å². The van der Waals surface area contributed by atoms with Crippen LogP contribution < -0.4 is 10.2 Å². The fourth-order valence-corrected chi connectivity index (χ4v) is 3.48. The highest BCUT2D eigenvalue weighted by atomic mass is 35.5. The number of amides is 2. The van der Waals surface area contributed by atoms with Crippen LogP contribution in [0.4, 0.5) is 11.5 Å². The summed E-state index contributed by atoms with van der Waals surface area (Å²) < 4.78 is 0. The van der Waals surface area contributed by atoms with Crippen molar-refractivity contribution in [3.05, 3.63) is 53.1 Å². The van der Waals surface area contributed by atoms with Crippen LogP contribution in [0.2, 0.25) is 5.02 Å². The summed E-state index contributed by atoms with van der Waals surface area (Å²) in [5.41, 5.74) is 2.42. The van der Waals surface area contributed by atoms with Crippen molar-refractivity contribution in [1.29, 1.82) is 0 Å². The molecule has 1 aliphatic heterocycles. The Hall–Kier alpha value is -2.86. The number of nitrogens with zero attached hydrogens (tertiary/aromatic N) is 2. The zero-order valence-corrected chi connectivity index (χ0v) is 14.9. The minimum absolute atomic E-state index is 0.114. The molecule has 1 aromatic heterocycles. The van der Waals surface area contributed by atoms with Crippen LogP contribution in [0.1, 0.15) is 12.0 Å². The number of aryl methyl sites for hydroxylation is 1. The smallest absolute Gasteiger partial charge is 0.229 e. The number of halogens is 1. The van der Waals surface area contributed by atoms with E-state index < -0.39 is 5.92 Å². The van der Waals surface area contributed by atoms with E-state index in [-0.39, 0.29) is 18.2 Å². The average Bonchev–Trinajstić information content (AvgIpc) is 3.20. The molecule has 0 radical (unpaired) electrons. The number of H-pyrrole nitrogens is 1. The predicted octanol–water partition coefficient (Wildman–Crippen LogP) is 3.52. The summed E-state index contributed by atoms with van der Waals surface area (Å²) in [6.45, 7) is 2.22. The number of hydrogen-bond acceptors (Lipinski definition) is 3. The second-order valence-electron chi connectivity index (χ2n) is 6.47. The molecule has 2 amide bonds. The van der Waals surface area contributed by atoms with Crippen LogP contribution in [-0.2, 0) is 9.59 Å². The molecule has 6 nitrogen and oxygen atoms in total. The minimum atomic E-state index is -0.449. The van der Waals surface area contributed by atoms with Gasteiger partial charge in [0.1, 0.15) is 0 Å². The Morgan fingerprint density at radius 2 is 2.12 bits per heavy atom. The molecule has 0 bridgehead atoms. The van der Waals surface area contributed by atoms with E-state index in [0.717, 1.165) is 16.5 Å². The highest BCUT2D eigenvalue weighted by molar-refractivity contribution is 6.33. The molecular formula is C19H17ClN4O2. The molecule has 4 rings (SSSR count). The second-order valence-corrected chi connectivity index (χ2v) is 6.88. The summed E-state index contributed by atoms with van der Waals surface area (Å²) in [4.78, 5) is 26.6. The van der Waals surface area contributed by atoms with Gasteiger partial charge in [-0.25, -0.2) is 0 Å². The third-order valence-electron chi connectivity index (χ3n) is 4.58. The maximum Gasteiger partial charge on any atom is 0.229 e. The molecule has 26 heavy (non-hydrogen) atoms. The molecule has 0 spiro atoms. The topological polar surface area (TPSA) is 78.1 Å². The lowest BCUT2D eigenvalue weighted by Crippen LogP contribution is -2.28. The Balaban J connectivity index is 1.53. The van der Waals surface area contributed by atoms with Gasteiger partial charge >= 0.3 is 0 Å². The molecule has 7 heteroatoms. The van der Waals surface area contributed by atoms with Gasteiger partial charge in [0.05, 0.1) is 22.1 Å². The fraction of sp³-hybridized carbons (Fsp3) is 0.211. The first-order valence-electron chi connectivity index (χ1n) is 8.33. The number of rotatable bonds is 3. The number of carbonyl (C=O) groups is 2. The van der Waals surface area contributed by atoms with Crippen molar-refractivity contribution < 1.29 is 9.59 Å². The van der Waals surface area contributed by atoms with Crippen molar-refractivity contribution in [1.82, 2.24) is 10.2 Å². The first-order valence-corrected chi connectivity index (χ1v) is 8.71. The van der Waals surface area contributed by atoms with Crippen LogP contribution in [0.25, 0.3) is 10.9 Å². The molecule has 2 aromatic carbocycles. The SMILES string of the molecule is Cc1ccc(NC(=O)C2CC(=O)N(c3n[nH]c4ccccc34)C2)c(Cl)c1. The zero-order valence-electron chi connectivity index (χ0n) is 14.1. The number of aromatic nitrogens is 2. The van der Waals surface area contributed by atoms with Crippen molar-refractivity contribution in [3.8, 4) is 0 Å². The Kier molecular flexibility index (Phi) is 4.12. The number of fused-ring (bicyclic) bond motifs is 1. The molecule has 0 saturated carbocycles. The molecular weight excluding hydrogens is 352 g/mol. The van der Waals surface area contributed by atoms with Crippen LogP contribution in [0, 0.1) is 12.8 Å². The lowest BCUT2D eigenvalue weighted by molar-refractivity contribution is -0.122. The largest absolute Gasteiger partial charge is 0.324 e. The van der Waals surface area contributed by atoms with E-state index in [1.807, 2.05) is 37.3 Å². The normalized spacial score (nSPS) is 17.1. The van der Waals surface area contributed by atoms with Gasteiger partial charge in [0.15, 0.2) is 5.82 Å². The highest BCUT2D eigenvalue weighted by Gasteiger charge is 2.37. The highest BCUT2D eigenvalue weighted by Crippen LogP contribution is 2.31. The van der Waals surface area contributed by atoms with Crippen LogP contribution in [0.15, 0.2) is 42.5 Å². The Bertz CT molecular complexity index is 1010. The second kappa shape index (κ2) is 6.46. The first-order chi connectivity index (χ1) is 12.5. The zero-order chi connectivity index (χ0) is 18.3. The van der Waals surface area contributed by atoms with Gasteiger partial charge in [-0.1, -0.05) is 29.8 Å². The minimum Gasteiger partial charge on any atom is -0.324 e. The summed E-state index contributed by atoms with van der Waals surface area (Å²) in [6.07, 6.45) is 0.149. The van der Waals surface area contributed by atoms with Crippen LogP contribution >= 0.6 is 11.6 Å². The number of hydrogen-bond donors (Lipinski definition) is 2. The summed E-state index contributed by atoms with van der Waals surface area (Å²) >= 11 is 6.18. The van der Waals surface area contributed by atoms with Gasteiger partial charge in [0.2, 0.25) is 11.8 Å². The monoisotopic (exact) mass is 368 g/mol. The fourth-order valence-electron chi connectivity index (χ4n) is 3.20. The lowest BCUT2D eigenvalue weighted by Gasteiger charge is -2.15. The van der Waals surface area contributed by atoms with Crippen molar-refractivity contribution in [2.24, 2.45) is 5.92 Å². The van der Waals surface area contributed by atoms with E-state index in [1.165, 1.54) is 0 Å². The van der Waals surface area contributed by atoms with E-state index in [4.69, 9.17) is 11.6 Å². The summed E-state index contributed by atoms with van der Waals surface area (Å²) in [7, 11) is 0. The quantitative estimate of drug-likeness (QED) is 0.742. The van der Waals surface area contributed by atoms with Gasteiger partial charge in [0.25, 0.3) is 0 Å². The summed E-state index contributed by atoms with van der Waals surface area (Å²) in [5, 5.41) is 11.4. The molecule has 1 unspecified atom stereocenters. The Morgan fingerprint density at radius 1 is 1.31 bits per heavy atom. The summed E-state index contributed by atoms with van der Waals surface area (Å²) in [6, 6.07) is 13.0. The third kappa shape index (κ3) is 2.93. The third-order valence-corrected chi connectivity index (χ3v) is 4.90. The molecule has 2 heterocycles. The van der Waals surface area contributed by atoms with E-state index in [2.05, 4.69) is 15.5 Å². The number of para-hydroxylation sites is 1. The predicted molar refractivity (Wildman–Crippen MR) is 101 cm³/mol. The first kappa shape index (κ1) is 16.6. The number of carbonyl (C=O) groups excluding carboxylic acids is 2. The van der Waals surface area contributed by atoms with E-state index in [1.54, 1.807) is 17.0 Å². The van der Waals surface area contributed by atoms with E-state index >= 15 is 0 Å². The Morgan fingerprint density at radius 3 is 2.92 bits per heavy atom. The van der Waals surface area contributed by atoms with Gasteiger partial charge in [-0.15, -0.1) is 0 Å². The molecule has 1 saturated heterocycles. The standard InChI is InChI=1S/C19H17ClN4O2/c1-11-6-7-16(14(20)8-11)21-19(26)12-9-17(25)24(10-12)18-13-4-2-3-5-15(13)22-23-18/h2-8,12H,9-10H2,1H3,(H,21,26)(H,22,23). The maximum atomic E-state index is 12.6. The molecule has 3 aromatic rings. The Labute approximate surface area is 155 Å². The van der Waals surface area contributed by atoms with Gasteiger partial charge in [-0.2, -0.15) is 5.10 Å². The van der Waals surface area contributed by atoms with E-state index in [9.17, 15) is 9.59 Å². The van der Waals surface area contributed by atoms with Gasteiger partial charge in [0, 0.05) is 18.4 Å². The van der Waals surface area contributed by atoms with Gasteiger partial charge < -0.3 is 5.32 Å². The number of anilines is 2. The summed E-state index contributed by atoms with van der Waals surface area (Å²) in [5.74, 6) is -0.214. The van der Waals surface area contributed by atoms with Crippen LogP contribution in [0.5, 0.6) is 0 Å². The molecule has 1 fully saturated rings. The average molecular weight is 369 g/mol. The van der Waals surface area contributed by atoms with Crippen LogP contribution in [0.3, 0.4) is 0 Å². The van der Waals surface area contributed by atoms with Gasteiger partial charge in [-0.3, -0.25) is 19.6 Å². The molecule has 0 aliphatic carbocycles. The number of nitrogens with one attached hydrogen (secondary N) is 2. The van der Waals surface area contributed by atoms with Gasteiger partial charge in [-0.05, 0) is 36.8 Å². The van der Waals surface area contributed by atoms with Crippen molar-refractivity contribution in [2.45, 2.75) is 13.3 Å².